The van der Waals surface area contributed by atoms with E-state index in [1.807, 2.05) is 24.3 Å². The second-order valence-electron chi connectivity index (χ2n) is 4.33. The molecule has 1 heterocycles. The quantitative estimate of drug-likeness (QED) is 0.537. The summed E-state index contributed by atoms with van der Waals surface area (Å²) in [6, 6.07) is 8.75. The number of rotatable bonds is 2. The van der Waals surface area contributed by atoms with Crippen LogP contribution in [0.3, 0.4) is 0 Å². The highest BCUT2D eigenvalue weighted by Gasteiger charge is 2.23. The fourth-order valence-corrected chi connectivity index (χ4v) is 3.60. The van der Waals surface area contributed by atoms with Crippen LogP contribution in [0.2, 0.25) is 0 Å². The number of fused-ring (bicyclic) bond motifs is 1. The van der Waals surface area contributed by atoms with E-state index in [1.165, 1.54) is 11.3 Å². The molecule has 20 heavy (non-hydrogen) atoms. The molecule has 3 rings (SSSR count). The molecule has 0 amide bonds. The Morgan fingerprint density at radius 2 is 1.65 bits per heavy atom. The molecule has 0 spiro atoms. The molecule has 0 fully saturated rings. The van der Waals surface area contributed by atoms with Gasteiger partial charge in [0.2, 0.25) is 0 Å². The molecule has 0 N–H and O–H groups in total. The van der Waals surface area contributed by atoms with E-state index in [1.54, 1.807) is 5.38 Å². The monoisotopic (exact) mass is 312 g/mol. The summed E-state index contributed by atoms with van der Waals surface area (Å²) in [5.74, 6) is -2.90. The van der Waals surface area contributed by atoms with Gasteiger partial charge >= 0.3 is 0 Å². The van der Waals surface area contributed by atoms with Crippen LogP contribution in [-0.2, 0) is 0 Å². The SMILES string of the molecule is Fc1cc(F)c(C(Cl)c2csc3ccccc23)c(F)c1. The van der Waals surface area contributed by atoms with Crippen LogP contribution < -0.4 is 0 Å². The van der Waals surface area contributed by atoms with Crippen molar-refractivity contribution in [1.82, 2.24) is 0 Å². The van der Waals surface area contributed by atoms with Gasteiger partial charge in [0.15, 0.2) is 0 Å². The zero-order valence-corrected chi connectivity index (χ0v) is 11.6. The highest BCUT2D eigenvalue weighted by Crippen LogP contribution is 2.39. The maximum Gasteiger partial charge on any atom is 0.134 e. The van der Waals surface area contributed by atoms with Gasteiger partial charge in [-0.05, 0) is 22.4 Å². The van der Waals surface area contributed by atoms with Crippen LogP contribution >= 0.6 is 22.9 Å². The van der Waals surface area contributed by atoms with Gasteiger partial charge in [-0.2, -0.15) is 0 Å². The number of thiophene rings is 1. The molecule has 3 aromatic rings. The van der Waals surface area contributed by atoms with Crippen LogP contribution in [0.25, 0.3) is 10.1 Å². The molecule has 0 radical (unpaired) electrons. The third kappa shape index (κ3) is 2.19. The summed E-state index contributed by atoms with van der Waals surface area (Å²) in [6.45, 7) is 0. The van der Waals surface area contributed by atoms with E-state index in [9.17, 15) is 13.2 Å². The van der Waals surface area contributed by atoms with Crippen molar-refractivity contribution in [2.45, 2.75) is 5.38 Å². The minimum absolute atomic E-state index is 0.323. The van der Waals surface area contributed by atoms with Crippen molar-refractivity contribution in [3.63, 3.8) is 0 Å². The predicted molar refractivity (Wildman–Crippen MR) is 75.8 cm³/mol. The van der Waals surface area contributed by atoms with Crippen molar-refractivity contribution in [2.24, 2.45) is 0 Å². The summed E-state index contributed by atoms with van der Waals surface area (Å²) in [4.78, 5) is 0. The van der Waals surface area contributed by atoms with Crippen molar-refractivity contribution < 1.29 is 13.2 Å². The van der Waals surface area contributed by atoms with Gasteiger partial charge in [-0.25, -0.2) is 13.2 Å². The van der Waals surface area contributed by atoms with Crippen molar-refractivity contribution in [3.05, 3.63) is 70.4 Å². The highest BCUT2D eigenvalue weighted by molar-refractivity contribution is 7.17. The number of halogens is 4. The van der Waals surface area contributed by atoms with Gasteiger partial charge < -0.3 is 0 Å². The Labute approximate surface area is 122 Å². The van der Waals surface area contributed by atoms with Crippen LogP contribution in [0.5, 0.6) is 0 Å². The smallest absolute Gasteiger partial charge is 0.134 e. The summed E-state index contributed by atoms with van der Waals surface area (Å²) in [5, 5.41) is 1.62. The number of hydrogen-bond donors (Lipinski definition) is 0. The summed E-state index contributed by atoms with van der Waals surface area (Å²) in [7, 11) is 0. The lowest BCUT2D eigenvalue weighted by molar-refractivity contribution is 0.526. The van der Waals surface area contributed by atoms with Crippen molar-refractivity contribution >= 4 is 33.0 Å². The first-order chi connectivity index (χ1) is 9.58. The van der Waals surface area contributed by atoms with Gasteiger partial charge in [0.25, 0.3) is 0 Å². The Bertz CT molecular complexity index is 759. The van der Waals surface area contributed by atoms with Crippen LogP contribution in [0, 0.1) is 17.5 Å². The lowest BCUT2D eigenvalue weighted by Gasteiger charge is -2.11. The van der Waals surface area contributed by atoms with Crippen LogP contribution in [-0.4, -0.2) is 0 Å². The normalized spacial score (nSPS) is 12.8. The van der Waals surface area contributed by atoms with Gasteiger partial charge in [-0.1, -0.05) is 18.2 Å². The Balaban J connectivity index is 2.16. The van der Waals surface area contributed by atoms with Crippen LogP contribution in [0.15, 0.2) is 41.8 Å². The number of alkyl halides is 1. The molecule has 1 aromatic heterocycles. The molecule has 2 aromatic carbocycles. The Hall–Kier alpha value is -1.52. The van der Waals surface area contributed by atoms with Gasteiger partial charge in [0.05, 0.1) is 5.38 Å². The molecule has 1 unspecified atom stereocenters. The van der Waals surface area contributed by atoms with E-state index in [2.05, 4.69) is 0 Å². The fourth-order valence-electron chi connectivity index (χ4n) is 2.15. The van der Waals surface area contributed by atoms with E-state index in [-0.39, 0.29) is 5.56 Å². The largest absolute Gasteiger partial charge is 0.207 e. The number of benzene rings is 2. The molecule has 102 valence electrons. The zero-order valence-electron chi connectivity index (χ0n) is 10.0. The molecule has 0 aliphatic carbocycles. The average molecular weight is 313 g/mol. The molecule has 0 saturated carbocycles. The van der Waals surface area contributed by atoms with E-state index in [0.29, 0.717) is 17.7 Å². The highest BCUT2D eigenvalue weighted by atomic mass is 35.5. The second-order valence-corrected chi connectivity index (χ2v) is 5.68. The average Bonchev–Trinajstić information content (AvgIpc) is 2.81. The topological polar surface area (TPSA) is 0 Å². The van der Waals surface area contributed by atoms with Gasteiger partial charge in [-0.3, -0.25) is 0 Å². The summed E-state index contributed by atoms with van der Waals surface area (Å²) in [5.41, 5.74) is 0.299. The zero-order chi connectivity index (χ0) is 14.3. The molecule has 0 nitrogen and oxygen atoms in total. The van der Waals surface area contributed by atoms with Crippen molar-refractivity contribution in [2.75, 3.05) is 0 Å². The Kier molecular flexibility index (Phi) is 3.44. The van der Waals surface area contributed by atoms with Gasteiger partial charge in [0.1, 0.15) is 17.5 Å². The summed E-state index contributed by atoms with van der Waals surface area (Å²) in [6.07, 6.45) is 0. The maximum absolute atomic E-state index is 13.8. The minimum Gasteiger partial charge on any atom is -0.207 e. The first-order valence-electron chi connectivity index (χ1n) is 5.82. The Morgan fingerprint density at radius 3 is 2.35 bits per heavy atom. The number of hydrogen-bond acceptors (Lipinski definition) is 1. The fraction of sp³-hybridized carbons (Fsp3) is 0.0667. The second kappa shape index (κ2) is 5.11. The predicted octanol–water partition coefficient (Wildman–Crippen LogP) is 5.65. The van der Waals surface area contributed by atoms with Crippen molar-refractivity contribution in [1.29, 1.82) is 0 Å². The first kappa shape index (κ1) is 13.5. The molecule has 0 saturated heterocycles. The first-order valence-corrected chi connectivity index (χ1v) is 7.14. The Morgan fingerprint density at radius 1 is 1.00 bits per heavy atom. The summed E-state index contributed by atoms with van der Waals surface area (Å²) >= 11 is 7.67. The van der Waals surface area contributed by atoms with Gasteiger partial charge in [0, 0.05) is 22.4 Å². The molecule has 0 bridgehead atoms. The molecule has 0 aliphatic rings. The van der Waals surface area contributed by atoms with E-state index in [4.69, 9.17) is 11.6 Å². The summed E-state index contributed by atoms with van der Waals surface area (Å²) < 4.78 is 41.5. The molecular weight excluding hydrogens is 305 g/mol. The van der Waals surface area contributed by atoms with E-state index in [0.717, 1.165) is 10.1 Å². The minimum atomic E-state index is -0.994. The van der Waals surface area contributed by atoms with Crippen molar-refractivity contribution in [3.8, 4) is 0 Å². The van der Waals surface area contributed by atoms with Crippen LogP contribution in [0.4, 0.5) is 13.2 Å². The van der Waals surface area contributed by atoms with E-state index < -0.39 is 22.8 Å². The standard InChI is InChI=1S/C15H8ClF3S/c16-15(14-11(18)5-8(17)6-12(14)19)10-7-20-13-4-2-1-3-9(10)13/h1-7,15H. The molecule has 0 aliphatic heterocycles. The third-order valence-corrected chi connectivity index (χ3v) is 4.52. The van der Waals surface area contributed by atoms with Gasteiger partial charge in [-0.15, -0.1) is 22.9 Å². The van der Waals surface area contributed by atoms with Crippen LogP contribution in [0.1, 0.15) is 16.5 Å². The van der Waals surface area contributed by atoms with E-state index >= 15 is 0 Å². The third-order valence-electron chi connectivity index (χ3n) is 3.08. The molecule has 5 heteroatoms. The molecular formula is C15H8ClF3S. The lowest BCUT2D eigenvalue weighted by atomic mass is 10.0. The lowest BCUT2D eigenvalue weighted by Crippen LogP contribution is -2.01. The molecule has 1 atom stereocenters. The maximum atomic E-state index is 13.8.